The summed E-state index contributed by atoms with van der Waals surface area (Å²) in [5.41, 5.74) is 0. The lowest BCUT2D eigenvalue weighted by Gasteiger charge is -2.43. The van der Waals surface area contributed by atoms with E-state index in [-0.39, 0.29) is 158 Å². The van der Waals surface area contributed by atoms with Gasteiger partial charge in [0.05, 0.1) is 95.7 Å². The Labute approximate surface area is 869 Å². The predicted octanol–water partition coefficient (Wildman–Crippen LogP) is 18.7. The van der Waals surface area contributed by atoms with Crippen LogP contribution >= 0.6 is 0 Å². The van der Waals surface area contributed by atoms with Crippen molar-refractivity contribution in [2.45, 2.75) is 389 Å². The van der Waals surface area contributed by atoms with E-state index in [9.17, 15) is 19.2 Å². The van der Waals surface area contributed by atoms with Gasteiger partial charge in [0.2, 0.25) is 11.8 Å². The third-order valence-electron chi connectivity index (χ3n) is 11.4. The lowest BCUT2D eigenvalue weighted by molar-refractivity contribution is -0.138. The van der Waals surface area contributed by atoms with Crippen molar-refractivity contribution < 1.29 is 87.0 Å². The van der Waals surface area contributed by atoms with E-state index in [1.165, 1.54) is 0 Å². The average molecular weight is 2170 g/mol. The second-order valence-electron chi connectivity index (χ2n) is 35.3. The molecule has 0 spiro atoms. The smallest absolute Gasteiger partial charge is 0.387 e. The first-order valence-corrected chi connectivity index (χ1v) is 90.0. The minimum atomic E-state index is -3.26. The second kappa shape index (κ2) is 80.8. The molecule has 0 fully saturated rings. The molecular weight excluding hydrogens is 1970 g/mol. The van der Waals surface area contributed by atoms with Crippen LogP contribution in [0.3, 0.4) is 0 Å². The van der Waals surface area contributed by atoms with E-state index < -0.39 is 170 Å². The van der Waals surface area contributed by atoms with Crippen molar-refractivity contribution in [1.29, 1.82) is 0 Å². The molecule has 0 bridgehead atoms. The normalized spacial score (nSPS) is 12.8. The van der Waals surface area contributed by atoms with Gasteiger partial charge in [0.15, 0.2) is 16.6 Å². The first-order chi connectivity index (χ1) is 50.4. The minimum Gasteiger partial charge on any atom is -0.481 e. The van der Waals surface area contributed by atoms with E-state index in [1.807, 2.05) is 175 Å². The standard InChI is InChI=1S/C18H28B2O3Si4.C9H27BO3Si4.C8H15NO3.C8H13NO3.C7H21B3O3Si4.C6H18B2O2Si3.C3H9B7O3Si4.18CH4/c1-24(2,19)21-26(5,6)23-27(22-25(3,4)20,17-13-9-7-10-14-17)18-15-11-8-12-16-18;1-14(2,3)11-16(7,8)13-17(9,10)12-15(4,5)6;2*1-2-3-6-9-7(10)4-5-8(11)12;1-14(2,8)11-16(5,6)13-17(7,10)12-15(3,4)9;1-11(2,7)9-13(5,6)10-12(3,4)8;1-14(2,12-16(5,6)7)11-15(3,4)13-17(8,9)10;;;;;;;;;;;;;;;;;;/h7-16H,1-6H3;1-9H3;2-6H2,1H3,(H,9,10)(H,11,12);4-5H,2-3,6H2,1H3,(H,9,10)(H,11,12);1-7H3;1-6H3;1-3H3;18*1H4/b;;;5-4-;;;;;;;;;;;;;;;;;;;;;. The molecule has 3 unspecified atom stereocenters. The molecule has 762 valence electrons. The predicted molar refractivity (Wildman–Crippen MR) is 655 cm³/mol. The molecule has 56 heteroatoms. The van der Waals surface area contributed by atoms with Gasteiger partial charge >= 0.3 is 63.3 Å². The van der Waals surface area contributed by atoms with Crippen LogP contribution in [0, 0.1) is 0 Å². The van der Waals surface area contributed by atoms with Gasteiger partial charge in [-0.25, -0.2) is 4.79 Å². The number of hydrogen-bond acceptors (Lipinski definition) is 18. The van der Waals surface area contributed by atoms with Crippen LogP contribution in [0.2, 0.25) is 203 Å². The highest BCUT2D eigenvalue weighted by Gasteiger charge is 2.51. The monoisotopic (exact) mass is 2170 g/mol. The maximum atomic E-state index is 10.8. The number of hydrogen-bond donors (Lipinski definition) is 4. The molecule has 0 heterocycles. The Morgan fingerprint density at radius 1 is 0.286 bits per heavy atom. The van der Waals surface area contributed by atoms with Crippen LogP contribution in [0.25, 0.3) is 0 Å². The SMILES string of the molecule is C.C.C.C.C.C.C.C.C.C.C.C.C.C.C.C.C.C.CCCCNC(=O)/C=C\C(=O)O.CCCCNC(=O)CCC(=O)O.[B][Si](C)(C)O[Si](C)(C)O[Si](O[Si]([B])(C)C)(c1ccccc1)c1ccccc1.[B][Si](C)(C)O[Si](C)(C)O[Si]([B])(C)C.[B][Si](C)(C)O[Si]([B])(C)O[Si](C)(C)O[Si]([B])(C)C.[B][Si](C)(O[Si](C)(C)C)O[Si](C)(C)O[Si](C)(C)C.[B][Si]([B])([B])O[Si]([B])(C)O[Si](C)(C)O[Si]([B])([B])[B]. The molecule has 133 heavy (non-hydrogen) atoms. The third kappa shape index (κ3) is 129. The van der Waals surface area contributed by atoms with E-state index in [4.69, 9.17) is 179 Å². The van der Waals surface area contributed by atoms with Gasteiger partial charge in [-0.15, -0.1) is 0 Å². The number of carbonyl (C=O) groups excluding carboxylic acids is 2. The Kier molecular flexibility index (Phi) is 117. The van der Waals surface area contributed by atoms with Crippen LogP contribution in [0.5, 0.6) is 0 Å². The number of rotatable bonds is 41. The van der Waals surface area contributed by atoms with Crippen molar-refractivity contribution in [1.82, 2.24) is 10.6 Å². The van der Waals surface area contributed by atoms with E-state index in [1.54, 1.807) is 26.2 Å². The van der Waals surface area contributed by atoms with Crippen LogP contribution in [-0.4, -0.2) is 317 Å². The number of nitrogens with one attached hydrogen (secondary N) is 2. The van der Waals surface area contributed by atoms with Gasteiger partial charge in [-0.05, 0) is 148 Å². The molecule has 2 amide bonds. The largest absolute Gasteiger partial charge is 0.481 e. The van der Waals surface area contributed by atoms with Crippen LogP contribution in [-0.2, 0) is 76.8 Å². The number of carboxylic acids is 2. The molecule has 2 aromatic rings. The molecule has 4 N–H and O–H groups in total. The molecule has 0 aliphatic rings. The summed E-state index contributed by atoms with van der Waals surface area (Å²) in [7, 11) is 41.1. The molecular formula is C77H203B15N2O20Si19. The molecule has 22 nitrogen and oxygen atoms in total. The summed E-state index contributed by atoms with van der Waals surface area (Å²) in [5.74, 6) is -2.57. The third-order valence-corrected chi connectivity index (χ3v) is 65.7. The van der Waals surface area contributed by atoms with Crippen molar-refractivity contribution >= 4 is 304 Å². The lowest BCUT2D eigenvalue weighted by atomic mass is 10.3. The van der Waals surface area contributed by atoms with Gasteiger partial charge in [0.25, 0.3) is 25.3 Å². The fourth-order valence-electron chi connectivity index (χ4n) is 10.6. The highest BCUT2D eigenvalue weighted by Crippen LogP contribution is 2.27. The Hall–Kier alpha value is 0.595. The molecule has 0 saturated heterocycles. The zero-order valence-corrected chi connectivity index (χ0v) is 95.0. The van der Waals surface area contributed by atoms with E-state index in [0.717, 1.165) is 48.2 Å². The molecule has 0 aliphatic carbocycles. The van der Waals surface area contributed by atoms with Gasteiger partial charge in [-0.1, -0.05) is 300 Å². The number of unbranched alkanes of at least 4 members (excludes halogenated alkanes) is 2. The summed E-state index contributed by atoms with van der Waals surface area (Å²) in [6.07, 6.45) is 5.71. The zero-order valence-electron chi connectivity index (χ0n) is 76.0. The number of aliphatic carboxylic acids is 2. The Balaban J connectivity index is -0.0000000503. The molecule has 2 rings (SSSR count). The molecule has 3 atom stereocenters. The number of amides is 2. The second-order valence-corrected chi connectivity index (χ2v) is 100. The van der Waals surface area contributed by atoms with Gasteiger partial charge in [0, 0.05) is 47.5 Å². The lowest BCUT2D eigenvalue weighted by Crippen LogP contribution is -2.71. The summed E-state index contributed by atoms with van der Waals surface area (Å²) in [6, 6.07) is 20.3. The summed E-state index contributed by atoms with van der Waals surface area (Å²) < 4.78 is 83.2. The van der Waals surface area contributed by atoms with Gasteiger partial charge in [-0.2, -0.15) is 0 Å². The first-order valence-electron chi connectivity index (χ1n) is 37.9. The van der Waals surface area contributed by atoms with Gasteiger partial charge in [-0.3, -0.25) is 14.4 Å². The topological polar surface area (TPSA) is 262 Å². The summed E-state index contributed by atoms with van der Waals surface area (Å²) >= 11 is 0. The number of benzene rings is 2. The molecule has 0 aliphatic heterocycles. The van der Waals surface area contributed by atoms with E-state index in [0.29, 0.717) is 13.1 Å². The molecule has 2 aromatic carbocycles. The minimum absolute atomic E-state index is 0. The molecule has 0 saturated carbocycles. The molecule has 30 radical (unpaired) electrons. The van der Waals surface area contributed by atoms with Crippen LogP contribution < -0.4 is 21.0 Å². The average Bonchev–Trinajstić information content (AvgIpc) is 0.756. The number of carbonyl (C=O) groups is 4. The summed E-state index contributed by atoms with van der Waals surface area (Å²) in [4.78, 5) is 41.6. The van der Waals surface area contributed by atoms with Gasteiger partial charge < -0.3 is 78.5 Å². The van der Waals surface area contributed by atoms with Crippen LogP contribution in [0.4, 0.5) is 0 Å². The van der Waals surface area contributed by atoms with Crippen molar-refractivity contribution in [2.24, 2.45) is 0 Å². The van der Waals surface area contributed by atoms with Gasteiger partial charge in [0.1, 0.15) is 71.4 Å². The maximum Gasteiger partial charge on any atom is 0.387 e. The quantitative estimate of drug-likeness (QED) is 0.0274. The fraction of sp³-hybridized carbons (Fsp3) is 0.766. The number of carboxylic acid groups (broad SMARTS) is 2. The first kappa shape index (κ1) is 192. The Morgan fingerprint density at radius 3 is 0.774 bits per heavy atom. The molecule has 0 aromatic heterocycles. The fourth-order valence-corrected chi connectivity index (χ4v) is 77.8. The van der Waals surface area contributed by atoms with E-state index in [2.05, 4.69) is 87.3 Å². The summed E-state index contributed by atoms with van der Waals surface area (Å²) in [5, 5.41) is 23.7. The Bertz CT molecular complexity index is 2900. The Morgan fingerprint density at radius 2 is 0.526 bits per heavy atom. The van der Waals surface area contributed by atoms with Crippen molar-refractivity contribution in [2.75, 3.05) is 13.1 Å². The highest BCUT2D eigenvalue weighted by molar-refractivity contribution is 7.59. The van der Waals surface area contributed by atoms with Crippen LogP contribution in [0.1, 0.15) is 186 Å². The summed E-state index contributed by atoms with van der Waals surface area (Å²) in [6.45, 7) is 66.2. The van der Waals surface area contributed by atoms with Crippen molar-refractivity contribution in [3.63, 3.8) is 0 Å². The van der Waals surface area contributed by atoms with Crippen molar-refractivity contribution in [3.05, 3.63) is 72.8 Å². The zero-order chi connectivity index (χ0) is 92.4. The maximum absolute atomic E-state index is 10.8. The van der Waals surface area contributed by atoms with Crippen molar-refractivity contribution in [3.8, 4) is 0 Å². The van der Waals surface area contributed by atoms with E-state index >= 15 is 0 Å². The highest BCUT2D eigenvalue weighted by atomic mass is 28.5. The van der Waals surface area contributed by atoms with Crippen LogP contribution in [0.15, 0.2) is 72.8 Å².